The molecule has 0 radical (unpaired) electrons. The van der Waals surface area contributed by atoms with E-state index < -0.39 is 10.0 Å². The zero-order chi connectivity index (χ0) is 16.3. The van der Waals surface area contributed by atoms with Gasteiger partial charge in [-0.2, -0.15) is 0 Å². The zero-order valence-corrected chi connectivity index (χ0v) is 14.3. The molecule has 0 aromatic heterocycles. The fourth-order valence-corrected chi connectivity index (χ4v) is 5.15. The normalized spacial score (nSPS) is 27.2. The Kier molecular flexibility index (Phi) is 4.91. The molecule has 2 aliphatic rings. The molecule has 6 nitrogen and oxygen atoms in total. The van der Waals surface area contributed by atoms with E-state index in [4.69, 9.17) is 4.74 Å². The molecule has 0 aliphatic carbocycles. The average Bonchev–Trinajstić information content (AvgIpc) is 2.94. The third-order valence-electron chi connectivity index (χ3n) is 4.50. The van der Waals surface area contributed by atoms with E-state index in [9.17, 15) is 8.42 Å². The third kappa shape index (κ3) is 4.23. The lowest BCUT2D eigenvalue weighted by atomic mass is 10.1. The van der Waals surface area contributed by atoms with Gasteiger partial charge < -0.3 is 10.1 Å². The van der Waals surface area contributed by atoms with Gasteiger partial charge in [0.25, 0.3) is 0 Å². The summed E-state index contributed by atoms with van der Waals surface area (Å²) < 4.78 is 32.8. The molecule has 2 fully saturated rings. The van der Waals surface area contributed by atoms with E-state index >= 15 is 0 Å². The van der Waals surface area contributed by atoms with Gasteiger partial charge in [-0.3, -0.25) is 5.32 Å². The maximum atomic E-state index is 12.6. The van der Waals surface area contributed by atoms with E-state index in [1.165, 1.54) is 0 Å². The molecule has 1 aromatic rings. The molecule has 2 saturated heterocycles. The van der Waals surface area contributed by atoms with Crippen LogP contribution in [0.1, 0.15) is 19.8 Å². The Morgan fingerprint density at radius 2 is 1.96 bits per heavy atom. The molecule has 1 aromatic carbocycles. The van der Waals surface area contributed by atoms with E-state index in [1.54, 1.807) is 4.31 Å². The van der Waals surface area contributed by atoms with Crippen molar-refractivity contribution in [2.24, 2.45) is 0 Å². The van der Waals surface area contributed by atoms with Crippen LogP contribution in [0.2, 0.25) is 0 Å². The highest BCUT2D eigenvalue weighted by Crippen LogP contribution is 2.22. The molecule has 128 valence electrons. The van der Waals surface area contributed by atoms with Crippen LogP contribution >= 0.6 is 0 Å². The van der Waals surface area contributed by atoms with Gasteiger partial charge in [-0.05, 0) is 31.9 Å². The number of rotatable bonds is 5. The number of sulfonamides is 1. The first-order chi connectivity index (χ1) is 11.0. The van der Waals surface area contributed by atoms with Crippen molar-refractivity contribution in [2.45, 2.75) is 31.4 Å². The maximum Gasteiger partial charge on any atom is 0.215 e. The van der Waals surface area contributed by atoms with Crippen LogP contribution in [-0.4, -0.2) is 56.4 Å². The van der Waals surface area contributed by atoms with Gasteiger partial charge in [0.15, 0.2) is 0 Å². The van der Waals surface area contributed by atoms with Crippen molar-refractivity contribution in [3.05, 3.63) is 30.3 Å². The molecular weight excluding hydrogens is 314 g/mol. The Balaban J connectivity index is 1.53. The molecule has 7 heteroatoms. The summed E-state index contributed by atoms with van der Waals surface area (Å²) in [5, 5.41) is 6.39. The van der Waals surface area contributed by atoms with Crippen molar-refractivity contribution < 1.29 is 13.2 Å². The Labute approximate surface area is 138 Å². The minimum atomic E-state index is -3.25. The van der Waals surface area contributed by atoms with Crippen molar-refractivity contribution in [3.63, 3.8) is 0 Å². The number of benzene rings is 1. The quantitative estimate of drug-likeness (QED) is 0.829. The topological polar surface area (TPSA) is 70.7 Å². The van der Waals surface area contributed by atoms with Crippen LogP contribution in [0, 0.1) is 0 Å². The molecule has 0 spiro atoms. The highest BCUT2D eigenvalue weighted by molar-refractivity contribution is 7.89. The van der Waals surface area contributed by atoms with E-state index in [-0.39, 0.29) is 17.4 Å². The average molecular weight is 339 g/mol. The van der Waals surface area contributed by atoms with Gasteiger partial charge in [0.1, 0.15) is 11.9 Å². The van der Waals surface area contributed by atoms with E-state index in [0.29, 0.717) is 26.3 Å². The summed E-state index contributed by atoms with van der Waals surface area (Å²) in [4.78, 5) is 0. The highest BCUT2D eigenvalue weighted by Gasteiger charge is 2.37. The second kappa shape index (κ2) is 6.76. The number of para-hydroxylation sites is 1. The smallest absolute Gasteiger partial charge is 0.215 e. The molecule has 0 saturated carbocycles. The standard InChI is InChI=1S/C16H25N3O3S/c1-16(11-17-13-18-16)12-23(20,21)19-9-7-15(8-10-19)22-14-5-3-2-4-6-14/h2-6,15,17-18H,7-13H2,1H3/t16-/m0/s1. The third-order valence-corrected chi connectivity index (χ3v) is 6.65. The molecule has 0 bridgehead atoms. The van der Waals surface area contributed by atoms with E-state index in [2.05, 4.69) is 10.6 Å². The Hall–Kier alpha value is -1.15. The molecule has 2 aliphatic heterocycles. The number of hydrogen-bond acceptors (Lipinski definition) is 5. The minimum Gasteiger partial charge on any atom is -0.490 e. The maximum absolute atomic E-state index is 12.6. The van der Waals surface area contributed by atoms with E-state index in [1.807, 2.05) is 37.3 Å². The van der Waals surface area contributed by atoms with Gasteiger partial charge >= 0.3 is 0 Å². The van der Waals surface area contributed by atoms with Crippen molar-refractivity contribution >= 4 is 10.0 Å². The first-order valence-corrected chi connectivity index (χ1v) is 9.73. The number of ether oxygens (including phenoxy) is 1. The predicted octanol–water partition coefficient (Wildman–Crippen LogP) is 0.769. The summed E-state index contributed by atoms with van der Waals surface area (Å²) in [7, 11) is -3.25. The van der Waals surface area contributed by atoms with Gasteiger partial charge in [0.05, 0.1) is 5.75 Å². The Morgan fingerprint density at radius 3 is 2.57 bits per heavy atom. The second-order valence-electron chi connectivity index (χ2n) is 6.63. The van der Waals surface area contributed by atoms with Crippen LogP contribution < -0.4 is 15.4 Å². The van der Waals surface area contributed by atoms with Crippen LogP contribution in [0.15, 0.2) is 30.3 Å². The SMILES string of the molecule is C[C@@]1(CS(=O)(=O)N2CCC(Oc3ccccc3)CC2)CNCN1. The van der Waals surface area contributed by atoms with Gasteiger partial charge in [0.2, 0.25) is 10.0 Å². The van der Waals surface area contributed by atoms with Gasteiger partial charge in [-0.15, -0.1) is 0 Å². The van der Waals surface area contributed by atoms with Gasteiger partial charge in [-0.25, -0.2) is 12.7 Å². The molecular formula is C16H25N3O3S. The summed E-state index contributed by atoms with van der Waals surface area (Å²) in [6.07, 6.45) is 1.55. The summed E-state index contributed by atoms with van der Waals surface area (Å²) in [5.74, 6) is 0.986. The number of nitrogens with one attached hydrogen (secondary N) is 2. The number of piperidine rings is 1. The zero-order valence-electron chi connectivity index (χ0n) is 13.5. The lowest BCUT2D eigenvalue weighted by Gasteiger charge is -2.33. The van der Waals surface area contributed by atoms with Crippen LogP contribution in [0.25, 0.3) is 0 Å². The van der Waals surface area contributed by atoms with E-state index in [0.717, 1.165) is 18.6 Å². The Bertz CT molecular complexity index is 607. The lowest BCUT2D eigenvalue weighted by molar-refractivity contribution is 0.135. The number of hydrogen-bond donors (Lipinski definition) is 2. The van der Waals surface area contributed by atoms with Crippen molar-refractivity contribution in [3.8, 4) is 5.75 Å². The number of nitrogens with zero attached hydrogens (tertiary/aromatic N) is 1. The predicted molar refractivity (Wildman–Crippen MR) is 89.9 cm³/mol. The van der Waals surface area contributed by atoms with Gasteiger partial charge in [0, 0.05) is 31.8 Å². The molecule has 2 N–H and O–H groups in total. The Morgan fingerprint density at radius 1 is 1.26 bits per heavy atom. The molecule has 0 unspecified atom stereocenters. The first kappa shape index (κ1) is 16.7. The lowest BCUT2D eigenvalue weighted by Crippen LogP contribution is -2.51. The molecule has 23 heavy (non-hydrogen) atoms. The molecule has 2 heterocycles. The monoisotopic (exact) mass is 339 g/mol. The highest BCUT2D eigenvalue weighted by atomic mass is 32.2. The summed E-state index contributed by atoms with van der Waals surface area (Å²) in [5.41, 5.74) is -0.379. The van der Waals surface area contributed by atoms with Crippen LogP contribution in [0.5, 0.6) is 5.75 Å². The molecule has 1 atom stereocenters. The van der Waals surface area contributed by atoms with Gasteiger partial charge in [-0.1, -0.05) is 18.2 Å². The van der Waals surface area contributed by atoms with Crippen molar-refractivity contribution in [1.82, 2.24) is 14.9 Å². The van der Waals surface area contributed by atoms with Crippen LogP contribution in [0.3, 0.4) is 0 Å². The molecule has 3 rings (SSSR count). The summed E-state index contributed by atoms with van der Waals surface area (Å²) in [6, 6.07) is 9.70. The summed E-state index contributed by atoms with van der Waals surface area (Å²) in [6.45, 7) is 4.36. The van der Waals surface area contributed by atoms with Crippen molar-refractivity contribution in [2.75, 3.05) is 32.1 Å². The fraction of sp³-hybridized carbons (Fsp3) is 0.625. The largest absolute Gasteiger partial charge is 0.490 e. The van der Waals surface area contributed by atoms with Crippen LogP contribution in [-0.2, 0) is 10.0 Å². The van der Waals surface area contributed by atoms with Crippen molar-refractivity contribution in [1.29, 1.82) is 0 Å². The first-order valence-electron chi connectivity index (χ1n) is 8.12. The fourth-order valence-electron chi connectivity index (χ4n) is 3.19. The molecule has 0 amide bonds. The minimum absolute atomic E-state index is 0.0886. The second-order valence-corrected chi connectivity index (χ2v) is 8.60. The van der Waals surface area contributed by atoms with Crippen LogP contribution in [0.4, 0.5) is 0 Å². The summed E-state index contributed by atoms with van der Waals surface area (Å²) >= 11 is 0.